The van der Waals surface area contributed by atoms with Crippen molar-refractivity contribution < 1.29 is 4.79 Å². The summed E-state index contributed by atoms with van der Waals surface area (Å²) in [5.41, 5.74) is 0. The molecule has 0 aliphatic carbocycles. The summed E-state index contributed by atoms with van der Waals surface area (Å²) >= 11 is 1.59. The predicted octanol–water partition coefficient (Wildman–Crippen LogP) is 1.01. The van der Waals surface area contributed by atoms with Gasteiger partial charge in [0, 0.05) is 6.04 Å². The summed E-state index contributed by atoms with van der Waals surface area (Å²) in [5.74, 6) is 0.665. The first kappa shape index (κ1) is 9.62. The van der Waals surface area contributed by atoms with Gasteiger partial charge in [-0.3, -0.25) is 0 Å². The van der Waals surface area contributed by atoms with E-state index < -0.39 is 0 Å². The lowest BCUT2D eigenvalue weighted by molar-refractivity contribution is 0.240. The minimum atomic E-state index is -0.0932. The molecule has 0 saturated heterocycles. The third kappa shape index (κ3) is 5.75. The molecule has 4 heteroatoms. The summed E-state index contributed by atoms with van der Waals surface area (Å²) in [6, 6.07) is 0.117. The monoisotopic (exact) mass is 162 g/mol. The standard InChI is InChI=1S/C6H14N2OS/c1-5(2)8-6(9)7-4-10-3/h5H,4H2,1-3H3,(H2,7,8,9). The molecule has 0 bridgehead atoms. The second kappa shape index (κ2) is 5.41. The minimum absolute atomic E-state index is 0.0932. The van der Waals surface area contributed by atoms with Crippen LogP contribution < -0.4 is 10.6 Å². The van der Waals surface area contributed by atoms with Crippen LogP contribution in [-0.2, 0) is 0 Å². The Labute approximate surface area is 65.9 Å². The summed E-state index contributed by atoms with van der Waals surface area (Å²) in [7, 11) is 0. The van der Waals surface area contributed by atoms with E-state index in [9.17, 15) is 4.79 Å². The van der Waals surface area contributed by atoms with E-state index in [0.717, 1.165) is 0 Å². The second-order valence-electron chi connectivity index (χ2n) is 2.24. The van der Waals surface area contributed by atoms with Crippen LogP contribution in [0.5, 0.6) is 0 Å². The quantitative estimate of drug-likeness (QED) is 0.608. The number of rotatable bonds is 3. The average molecular weight is 162 g/mol. The molecule has 0 radical (unpaired) electrons. The molecule has 0 saturated carbocycles. The van der Waals surface area contributed by atoms with Crippen LogP contribution in [0.25, 0.3) is 0 Å². The molecule has 0 aromatic carbocycles. The molecule has 60 valence electrons. The van der Waals surface area contributed by atoms with Crippen molar-refractivity contribution in [1.82, 2.24) is 10.6 Å². The van der Waals surface area contributed by atoms with Crippen molar-refractivity contribution in [3.05, 3.63) is 0 Å². The topological polar surface area (TPSA) is 41.1 Å². The molecule has 0 fully saturated rings. The summed E-state index contributed by atoms with van der Waals surface area (Å²) in [6.45, 7) is 3.86. The Bertz CT molecular complexity index is 106. The van der Waals surface area contributed by atoms with Gasteiger partial charge in [0.2, 0.25) is 0 Å². The van der Waals surface area contributed by atoms with Gasteiger partial charge < -0.3 is 10.6 Å². The first-order valence-electron chi connectivity index (χ1n) is 3.20. The number of nitrogens with one attached hydrogen (secondary N) is 2. The van der Waals surface area contributed by atoms with Crippen LogP contribution in [-0.4, -0.2) is 24.2 Å². The number of amides is 2. The van der Waals surface area contributed by atoms with Crippen molar-refractivity contribution in [1.29, 1.82) is 0 Å². The van der Waals surface area contributed by atoms with Crippen LogP contribution in [0.2, 0.25) is 0 Å². The molecule has 0 aliphatic heterocycles. The highest BCUT2D eigenvalue weighted by molar-refractivity contribution is 7.98. The first-order chi connectivity index (χ1) is 4.66. The molecular formula is C6H14N2OS. The fraction of sp³-hybridized carbons (Fsp3) is 0.833. The maximum Gasteiger partial charge on any atom is 0.315 e. The molecule has 0 unspecified atom stereocenters. The summed E-state index contributed by atoms with van der Waals surface area (Å²) in [4.78, 5) is 10.8. The third-order valence-corrected chi connectivity index (χ3v) is 1.23. The van der Waals surface area contributed by atoms with Crippen LogP contribution in [0.15, 0.2) is 0 Å². The van der Waals surface area contributed by atoms with Crippen LogP contribution in [0.1, 0.15) is 13.8 Å². The largest absolute Gasteiger partial charge is 0.336 e. The first-order valence-corrected chi connectivity index (χ1v) is 4.59. The van der Waals surface area contributed by atoms with Crippen molar-refractivity contribution in [2.24, 2.45) is 0 Å². The highest BCUT2D eigenvalue weighted by atomic mass is 32.2. The zero-order chi connectivity index (χ0) is 7.98. The number of thioether (sulfide) groups is 1. The molecule has 3 nitrogen and oxygen atoms in total. The van der Waals surface area contributed by atoms with Crippen LogP contribution in [0.4, 0.5) is 4.79 Å². The van der Waals surface area contributed by atoms with Crippen LogP contribution in [0, 0.1) is 0 Å². The van der Waals surface area contributed by atoms with Gasteiger partial charge in [0.1, 0.15) is 0 Å². The van der Waals surface area contributed by atoms with Gasteiger partial charge in [-0.1, -0.05) is 0 Å². The van der Waals surface area contributed by atoms with Gasteiger partial charge in [0.25, 0.3) is 0 Å². The smallest absolute Gasteiger partial charge is 0.315 e. The van der Waals surface area contributed by atoms with Crippen LogP contribution >= 0.6 is 11.8 Å². The van der Waals surface area contributed by atoms with Crippen molar-refractivity contribution in [2.45, 2.75) is 19.9 Å². The Morgan fingerprint density at radius 2 is 2.20 bits per heavy atom. The maximum atomic E-state index is 10.8. The molecule has 10 heavy (non-hydrogen) atoms. The second-order valence-corrected chi connectivity index (χ2v) is 3.10. The SMILES string of the molecule is CSCNC(=O)NC(C)C. The Morgan fingerprint density at radius 1 is 1.60 bits per heavy atom. The molecule has 0 aromatic heterocycles. The minimum Gasteiger partial charge on any atom is -0.336 e. The predicted molar refractivity (Wildman–Crippen MR) is 45.2 cm³/mol. The zero-order valence-electron chi connectivity index (χ0n) is 6.60. The van der Waals surface area contributed by atoms with E-state index in [-0.39, 0.29) is 12.1 Å². The van der Waals surface area contributed by atoms with Crippen molar-refractivity contribution in [3.8, 4) is 0 Å². The van der Waals surface area contributed by atoms with Gasteiger partial charge in [-0.2, -0.15) is 0 Å². The van der Waals surface area contributed by atoms with Crippen molar-refractivity contribution >= 4 is 17.8 Å². The third-order valence-electron chi connectivity index (χ3n) is 0.797. The highest BCUT2D eigenvalue weighted by Crippen LogP contribution is 1.85. The number of urea groups is 1. The Kier molecular flexibility index (Phi) is 5.20. The Balaban J connectivity index is 3.26. The number of hydrogen-bond donors (Lipinski definition) is 2. The van der Waals surface area contributed by atoms with Gasteiger partial charge in [0.15, 0.2) is 0 Å². The molecule has 0 aromatic rings. The van der Waals surface area contributed by atoms with Gasteiger partial charge in [-0.05, 0) is 20.1 Å². The van der Waals surface area contributed by atoms with Gasteiger partial charge in [0.05, 0.1) is 5.88 Å². The molecule has 0 atom stereocenters. The molecule has 0 heterocycles. The fourth-order valence-electron chi connectivity index (χ4n) is 0.451. The summed E-state index contributed by atoms with van der Waals surface area (Å²) in [5, 5.41) is 5.39. The zero-order valence-corrected chi connectivity index (χ0v) is 7.42. The maximum absolute atomic E-state index is 10.8. The number of hydrogen-bond acceptors (Lipinski definition) is 2. The van der Waals surface area contributed by atoms with E-state index in [2.05, 4.69) is 10.6 Å². The molecular weight excluding hydrogens is 148 g/mol. The number of carbonyl (C=O) groups is 1. The summed E-state index contributed by atoms with van der Waals surface area (Å²) < 4.78 is 0. The lowest BCUT2D eigenvalue weighted by atomic mass is 10.4. The molecule has 0 aliphatic rings. The van der Waals surface area contributed by atoms with Gasteiger partial charge >= 0.3 is 6.03 Å². The molecule has 0 spiro atoms. The normalized spacial score (nSPS) is 9.60. The Morgan fingerprint density at radius 3 is 2.60 bits per heavy atom. The molecule has 2 N–H and O–H groups in total. The van der Waals surface area contributed by atoms with Gasteiger partial charge in [-0.25, -0.2) is 4.79 Å². The molecule has 2 amide bonds. The number of carbonyl (C=O) groups excluding carboxylic acids is 1. The van der Waals surface area contributed by atoms with E-state index in [0.29, 0.717) is 5.88 Å². The molecule has 0 rings (SSSR count). The van der Waals surface area contributed by atoms with E-state index in [1.54, 1.807) is 11.8 Å². The lowest BCUT2D eigenvalue weighted by Gasteiger charge is -2.08. The van der Waals surface area contributed by atoms with E-state index in [1.165, 1.54) is 0 Å². The highest BCUT2D eigenvalue weighted by Gasteiger charge is 1.98. The van der Waals surface area contributed by atoms with Crippen molar-refractivity contribution in [2.75, 3.05) is 12.1 Å². The average Bonchev–Trinajstić information content (AvgIpc) is 1.82. The van der Waals surface area contributed by atoms with Crippen molar-refractivity contribution in [3.63, 3.8) is 0 Å². The van der Waals surface area contributed by atoms with E-state index >= 15 is 0 Å². The lowest BCUT2D eigenvalue weighted by Crippen LogP contribution is -2.39. The van der Waals surface area contributed by atoms with E-state index in [4.69, 9.17) is 0 Å². The van der Waals surface area contributed by atoms with Crippen LogP contribution in [0.3, 0.4) is 0 Å². The fourth-order valence-corrected chi connectivity index (χ4v) is 0.726. The van der Waals surface area contributed by atoms with E-state index in [1.807, 2.05) is 20.1 Å². The van der Waals surface area contributed by atoms with Gasteiger partial charge in [-0.15, -0.1) is 11.8 Å². The summed E-state index contributed by atoms with van der Waals surface area (Å²) in [6.07, 6.45) is 1.94. The Hall–Kier alpha value is -0.380.